The van der Waals surface area contributed by atoms with E-state index in [0.717, 1.165) is 11.3 Å². The standard InChI is InChI=1S/C15H24O4/c1-11(2)19-14-7-5-13(6-8-14)15(16)10-18-12(3)9-17-4/h5-8,11-12,15-16H,9-10H2,1-4H3. The maximum absolute atomic E-state index is 10.0. The zero-order valence-electron chi connectivity index (χ0n) is 12.1. The summed E-state index contributed by atoms with van der Waals surface area (Å²) in [4.78, 5) is 0. The molecule has 0 saturated heterocycles. The van der Waals surface area contributed by atoms with E-state index in [0.29, 0.717) is 6.61 Å². The van der Waals surface area contributed by atoms with E-state index in [1.165, 1.54) is 0 Å². The van der Waals surface area contributed by atoms with Gasteiger partial charge in [0.2, 0.25) is 0 Å². The van der Waals surface area contributed by atoms with Gasteiger partial charge in [0.25, 0.3) is 0 Å². The van der Waals surface area contributed by atoms with Gasteiger partial charge in [0, 0.05) is 7.11 Å². The minimum absolute atomic E-state index is 0.0248. The lowest BCUT2D eigenvalue weighted by atomic mass is 10.1. The number of rotatable bonds is 8. The molecule has 0 aliphatic rings. The molecule has 0 radical (unpaired) electrons. The smallest absolute Gasteiger partial charge is 0.119 e. The highest BCUT2D eigenvalue weighted by atomic mass is 16.5. The molecule has 108 valence electrons. The topological polar surface area (TPSA) is 47.9 Å². The van der Waals surface area contributed by atoms with Crippen LogP contribution >= 0.6 is 0 Å². The van der Waals surface area contributed by atoms with Crippen molar-refractivity contribution in [2.45, 2.75) is 39.1 Å². The third kappa shape index (κ3) is 6.05. The molecule has 4 heteroatoms. The van der Waals surface area contributed by atoms with E-state index < -0.39 is 6.10 Å². The van der Waals surface area contributed by atoms with Crippen molar-refractivity contribution in [3.63, 3.8) is 0 Å². The third-order valence-corrected chi connectivity index (χ3v) is 2.58. The Balaban J connectivity index is 2.46. The molecule has 0 heterocycles. The fourth-order valence-electron chi connectivity index (χ4n) is 1.68. The van der Waals surface area contributed by atoms with Crippen molar-refractivity contribution >= 4 is 0 Å². The van der Waals surface area contributed by atoms with E-state index >= 15 is 0 Å². The summed E-state index contributed by atoms with van der Waals surface area (Å²) in [5, 5.41) is 10.0. The molecular formula is C15H24O4. The average Bonchev–Trinajstić information content (AvgIpc) is 2.36. The molecule has 0 saturated carbocycles. The number of benzene rings is 1. The lowest BCUT2D eigenvalue weighted by Gasteiger charge is -2.16. The molecule has 1 aromatic rings. The predicted octanol–water partition coefficient (Wildman–Crippen LogP) is 2.56. The van der Waals surface area contributed by atoms with Crippen LogP contribution < -0.4 is 4.74 Å². The second-order valence-electron chi connectivity index (χ2n) is 4.85. The molecule has 1 N–H and O–H groups in total. The van der Waals surface area contributed by atoms with Gasteiger partial charge in [-0.3, -0.25) is 0 Å². The van der Waals surface area contributed by atoms with Crippen molar-refractivity contribution in [2.75, 3.05) is 20.3 Å². The zero-order valence-corrected chi connectivity index (χ0v) is 12.1. The Labute approximate surface area is 115 Å². The van der Waals surface area contributed by atoms with Gasteiger partial charge in [0.15, 0.2) is 0 Å². The maximum Gasteiger partial charge on any atom is 0.119 e. The van der Waals surface area contributed by atoms with Crippen LogP contribution in [0.25, 0.3) is 0 Å². The van der Waals surface area contributed by atoms with Crippen LogP contribution in [0.1, 0.15) is 32.4 Å². The predicted molar refractivity (Wildman–Crippen MR) is 74.5 cm³/mol. The molecule has 0 amide bonds. The van der Waals surface area contributed by atoms with Gasteiger partial charge in [0.05, 0.1) is 25.4 Å². The molecule has 0 aliphatic carbocycles. The van der Waals surface area contributed by atoms with Crippen LogP contribution in [-0.2, 0) is 9.47 Å². The molecule has 1 rings (SSSR count). The highest BCUT2D eigenvalue weighted by Gasteiger charge is 2.10. The molecular weight excluding hydrogens is 244 g/mol. The third-order valence-electron chi connectivity index (χ3n) is 2.58. The van der Waals surface area contributed by atoms with Crippen LogP contribution in [0.3, 0.4) is 0 Å². The van der Waals surface area contributed by atoms with Crippen LogP contribution in [0.4, 0.5) is 0 Å². The molecule has 0 spiro atoms. The van der Waals surface area contributed by atoms with E-state index in [4.69, 9.17) is 14.2 Å². The van der Waals surface area contributed by atoms with Crippen molar-refractivity contribution in [3.8, 4) is 5.75 Å². The number of aliphatic hydroxyl groups excluding tert-OH is 1. The summed E-state index contributed by atoms with van der Waals surface area (Å²) in [6.07, 6.45) is -0.510. The first kappa shape index (κ1) is 16.0. The van der Waals surface area contributed by atoms with Crippen LogP contribution in [0, 0.1) is 0 Å². The Morgan fingerprint density at radius 1 is 1.05 bits per heavy atom. The van der Waals surface area contributed by atoms with Crippen LogP contribution in [0.15, 0.2) is 24.3 Å². The number of hydrogen-bond acceptors (Lipinski definition) is 4. The van der Waals surface area contributed by atoms with Gasteiger partial charge in [-0.25, -0.2) is 0 Å². The Bertz CT molecular complexity index is 348. The summed E-state index contributed by atoms with van der Waals surface area (Å²) in [7, 11) is 1.63. The quantitative estimate of drug-likeness (QED) is 0.787. The van der Waals surface area contributed by atoms with Crippen molar-refractivity contribution in [1.82, 2.24) is 0 Å². The Kier molecular flexibility index (Phi) is 6.84. The maximum atomic E-state index is 10.0. The fraction of sp³-hybridized carbons (Fsp3) is 0.600. The number of methoxy groups -OCH3 is 1. The molecule has 4 nitrogen and oxygen atoms in total. The summed E-state index contributed by atoms with van der Waals surface area (Å²) in [5.74, 6) is 0.805. The first-order valence-electron chi connectivity index (χ1n) is 6.58. The van der Waals surface area contributed by atoms with E-state index in [1.807, 2.05) is 45.0 Å². The average molecular weight is 268 g/mol. The fourth-order valence-corrected chi connectivity index (χ4v) is 1.68. The summed E-state index contributed by atoms with van der Waals surface area (Å²) >= 11 is 0. The van der Waals surface area contributed by atoms with E-state index in [2.05, 4.69) is 0 Å². The Morgan fingerprint density at radius 3 is 2.21 bits per heavy atom. The summed E-state index contributed by atoms with van der Waals surface area (Å²) < 4.78 is 16.0. The largest absolute Gasteiger partial charge is 0.491 e. The van der Waals surface area contributed by atoms with E-state index in [9.17, 15) is 5.11 Å². The highest BCUT2D eigenvalue weighted by molar-refractivity contribution is 5.28. The number of aliphatic hydroxyl groups is 1. The summed E-state index contributed by atoms with van der Waals surface area (Å²) in [6, 6.07) is 7.42. The molecule has 1 aromatic carbocycles. The van der Waals surface area contributed by atoms with Crippen LogP contribution in [-0.4, -0.2) is 37.6 Å². The highest BCUT2D eigenvalue weighted by Crippen LogP contribution is 2.19. The second-order valence-corrected chi connectivity index (χ2v) is 4.85. The van der Waals surface area contributed by atoms with E-state index in [-0.39, 0.29) is 18.8 Å². The van der Waals surface area contributed by atoms with Gasteiger partial charge in [0.1, 0.15) is 11.9 Å². The number of hydrogen-bond donors (Lipinski definition) is 1. The van der Waals surface area contributed by atoms with Gasteiger partial charge < -0.3 is 19.3 Å². The number of ether oxygens (including phenoxy) is 3. The van der Waals surface area contributed by atoms with Gasteiger partial charge in [-0.1, -0.05) is 12.1 Å². The lowest BCUT2D eigenvalue weighted by molar-refractivity contribution is -0.0325. The van der Waals surface area contributed by atoms with Crippen molar-refractivity contribution in [3.05, 3.63) is 29.8 Å². The Morgan fingerprint density at radius 2 is 1.68 bits per heavy atom. The van der Waals surface area contributed by atoms with Gasteiger partial charge in [-0.15, -0.1) is 0 Å². The second kappa shape index (κ2) is 8.15. The van der Waals surface area contributed by atoms with E-state index in [1.54, 1.807) is 7.11 Å². The minimum atomic E-state index is -0.632. The molecule has 0 fully saturated rings. The van der Waals surface area contributed by atoms with Crippen LogP contribution in [0.2, 0.25) is 0 Å². The minimum Gasteiger partial charge on any atom is -0.491 e. The molecule has 19 heavy (non-hydrogen) atoms. The van der Waals surface area contributed by atoms with Crippen molar-refractivity contribution in [2.24, 2.45) is 0 Å². The molecule has 2 unspecified atom stereocenters. The normalized spacial score (nSPS) is 14.4. The van der Waals surface area contributed by atoms with Crippen LogP contribution in [0.5, 0.6) is 5.75 Å². The first-order chi connectivity index (χ1) is 9.02. The Hall–Kier alpha value is -1.10. The van der Waals surface area contributed by atoms with Crippen molar-refractivity contribution < 1.29 is 19.3 Å². The van der Waals surface area contributed by atoms with Gasteiger partial charge in [-0.05, 0) is 38.5 Å². The lowest BCUT2D eigenvalue weighted by Crippen LogP contribution is -2.18. The molecule has 0 bridgehead atoms. The monoisotopic (exact) mass is 268 g/mol. The molecule has 2 atom stereocenters. The first-order valence-corrected chi connectivity index (χ1v) is 6.58. The van der Waals surface area contributed by atoms with Crippen molar-refractivity contribution in [1.29, 1.82) is 0 Å². The SMILES string of the molecule is COCC(C)OCC(O)c1ccc(OC(C)C)cc1. The zero-order chi connectivity index (χ0) is 14.3. The summed E-state index contributed by atoms with van der Waals surface area (Å²) in [6.45, 7) is 6.65. The van der Waals surface area contributed by atoms with Gasteiger partial charge in [-0.2, -0.15) is 0 Å². The molecule has 0 aromatic heterocycles. The molecule has 0 aliphatic heterocycles. The van der Waals surface area contributed by atoms with Gasteiger partial charge >= 0.3 is 0 Å². The summed E-state index contributed by atoms with van der Waals surface area (Å²) in [5.41, 5.74) is 0.820.